The van der Waals surface area contributed by atoms with E-state index in [1.165, 1.54) is 0 Å². The van der Waals surface area contributed by atoms with E-state index in [0.717, 1.165) is 56.7 Å². The summed E-state index contributed by atoms with van der Waals surface area (Å²) in [6.45, 7) is 6.91. The van der Waals surface area contributed by atoms with E-state index in [1.54, 1.807) is 28.4 Å². The van der Waals surface area contributed by atoms with Gasteiger partial charge in [0.1, 0.15) is 0 Å². The maximum atomic E-state index is 14.0. The first kappa shape index (κ1) is 33.4. The molecule has 0 aliphatic carbocycles. The Bertz CT molecular complexity index is 1510. The fraction of sp³-hybridized carbons (Fsp3) is 0.559. The summed E-state index contributed by atoms with van der Waals surface area (Å²) in [6.07, 6.45) is 8.39. The second-order valence-electron chi connectivity index (χ2n) is 13.1. The molecule has 1 atom stereocenters. The van der Waals surface area contributed by atoms with Crippen molar-refractivity contribution in [3.8, 4) is 12.3 Å². The number of likely N-dealkylation sites (tertiary alicyclic amines) is 2. The molecule has 11 nitrogen and oxygen atoms in total. The van der Waals surface area contributed by atoms with E-state index in [9.17, 15) is 14.4 Å². The van der Waals surface area contributed by atoms with Gasteiger partial charge in [0.25, 0.3) is 5.91 Å². The number of rotatable bonds is 6. The molecular weight excluding hydrogens is 638 g/mol. The van der Waals surface area contributed by atoms with Crippen LogP contribution in [0.1, 0.15) is 48.8 Å². The van der Waals surface area contributed by atoms with Crippen LogP contribution in [0, 0.1) is 12.3 Å². The van der Waals surface area contributed by atoms with Crippen molar-refractivity contribution < 1.29 is 19.1 Å². The highest BCUT2D eigenvalue weighted by atomic mass is 35.5. The molecule has 3 N–H and O–H groups in total. The summed E-state index contributed by atoms with van der Waals surface area (Å²) in [4.78, 5) is 50.7. The summed E-state index contributed by atoms with van der Waals surface area (Å²) in [5.41, 5.74) is 9.46. The summed E-state index contributed by atoms with van der Waals surface area (Å²) >= 11 is 7.96. The molecule has 1 aromatic carbocycles. The normalized spacial score (nSPS) is 21.0. The van der Waals surface area contributed by atoms with Gasteiger partial charge in [-0.3, -0.25) is 9.69 Å². The van der Waals surface area contributed by atoms with Crippen LogP contribution in [0.3, 0.4) is 0 Å². The van der Waals surface area contributed by atoms with Crippen molar-refractivity contribution in [1.29, 1.82) is 0 Å². The molecule has 6 rings (SSSR count). The van der Waals surface area contributed by atoms with Crippen molar-refractivity contribution in [3.63, 3.8) is 0 Å². The van der Waals surface area contributed by atoms with Crippen LogP contribution in [0.5, 0.6) is 0 Å². The molecule has 47 heavy (non-hydrogen) atoms. The third-order valence-corrected chi connectivity index (χ3v) is 11.2. The van der Waals surface area contributed by atoms with Crippen LogP contribution < -0.4 is 11.1 Å². The molecule has 5 heterocycles. The van der Waals surface area contributed by atoms with E-state index < -0.39 is 12.2 Å². The molecular formula is C34H44ClN7O4S. The summed E-state index contributed by atoms with van der Waals surface area (Å²) in [5, 5.41) is 7.28. The number of nitrogen functional groups attached to an aromatic ring is 1. The number of amides is 4. The third kappa shape index (κ3) is 7.64. The minimum absolute atomic E-state index is 0.00882. The van der Waals surface area contributed by atoms with Crippen molar-refractivity contribution in [2.45, 2.75) is 63.3 Å². The van der Waals surface area contributed by atoms with Gasteiger partial charge in [-0.05, 0) is 75.3 Å². The minimum atomic E-state index is -1.04. The predicted molar refractivity (Wildman–Crippen MR) is 185 cm³/mol. The van der Waals surface area contributed by atoms with Crippen LogP contribution in [-0.4, -0.2) is 120 Å². The van der Waals surface area contributed by atoms with Gasteiger partial charge in [-0.1, -0.05) is 17.5 Å². The summed E-state index contributed by atoms with van der Waals surface area (Å²) < 4.78 is 6.02. The van der Waals surface area contributed by atoms with Crippen molar-refractivity contribution in [2.24, 2.45) is 0 Å². The largest absolute Gasteiger partial charge is 0.436 e. The standard InChI is InChI=1S/C34H44ClN7O4S/c1-3-24-17-23(18-28(35)31(24)36)19-30(32(43)40-11-5-26(6-12-40)39-10-4-9-38(2)15-16-39)46-34(45)41-13-7-27(8-14-41)42-20-25-21-47-22-29(25)37-33(42)44/h1,17-18,21-22,26-27,30H,4-16,19-20,36H2,2H3,(H,37,44)/t30-/m1/s1. The number of nitrogens with two attached hydrogens (primary N) is 1. The predicted octanol–water partition coefficient (Wildman–Crippen LogP) is 4.15. The van der Waals surface area contributed by atoms with Crippen LogP contribution in [0.4, 0.5) is 21.0 Å². The molecule has 252 valence electrons. The van der Waals surface area contributed by atoms with Gasteiger partial charge in [0, 0.05) is 74.3 Å². The molecule has 2 aromatic rings. The minimum Gasteiger partial charge on any atom is -0.436 e. The average molecular weight is 682 g/mol. The SMILES string of the molecule is C#Cc1cc(C[C@@H](OC(=O)N2CCC(N3Cc4cscc4NC3=O)CC2)C(=O)N2CCC(N3CCCN(C)CC3)CC2)cc(Cl)c1N. The topological polar surface area (TPSA) is 115 Å². The third-order valence-electron chi connectivity index (χ3n) is 10.1. The second-order valence-corrected chi connectivity index (χ2v) is 14.2. The molecule has 13 heteroatoms. The fourth-order valence-electron chi connectivity index (χ4n) is 7.24. The first-order valence-electron chi connectivity index (χ1n) is 16.5. The number of ether oxygens (including phenoxy) is 1. The zero-order valence-corrected chi connectivity index (χ0v) is 28.5. The summed E-state index contributed by atoms with van der Waals surface area (Å²) in [6, 6.07) is 3.75. The van der Waals surface area contributed by atoms with E-state index in [4.69, 9.17) is 28.5 Å². The fourth-order valence-corrected chi connectivity index (χ4v) is 8.26. The van der Waals surface area contributed by atoms with Gasteiger partial charge in [-0.2, -0.15) is 0 Å². The van der Waals surface area contributed by atoms with Gasteiger partial charge in [0.2, 0.25) is 0 Å². The second kappa shape index (κ2) is 14.7. The van der Waals surface area contributed by atoms with Gasteiger partial charge in [-0.25, -0.2) is 9.59 Å². The molecule has 3 fully saturated rings. The number of carbonyl (C=O) groups excluding carboxylic acids is 3. The Balaban J connectivity index is 1.10. The number of fused-ring (bicyclic) bond motifs is 1. The Kier molecular flexibility index (Phi) is 10.5. The molecule has 0 unspecified atom stereocenters. The molecule has 0 bridgehead atoms. The van der Waals surface area contributed by atoms with Crippen molar-refractivity contribution in [1.82, 2.24) is 24.5 Å². The Morgan fingerprint density at radius 1 is 1.04 bits per heavy atom. The molecule has 1 aromatic heterocycles. The van der Waals surface area contributed by atoms with Gasteiger partial charge >= 0.3 is 12.1 Å². The van der Waals surface area contributed by atoms with E-state index in [1.807, 2.05) is 15.2 Å². The first-order valence-corrected chi connectivity index (χ1v) is 17.9. The number of likely N-dealkylation sites (N-methyl/N-ethyl adjacent to an activating group) is 1. The zero-order chi connectivity index (χ0) is 33.1. The highest BCUT2D eigenvalue weighted by Crippen LogP contribution is 2.31. The Morgan fingerprint density at radius 2 is 1.77 bits per heavy atom. The van der Waals surface area contributed by atoms with Crippen LogP contribution in [0.2, 0.25) is 5.02 Å². The van der Waals surface area contributed by atoms with Crippen LogP contribution >= 0.6 is 22.9 Å². The molecule has 4 aliphatic rings. The number of carbonyl (C=O) groups is 3. The van der Waals surface area contributed by atoms with Crippen molar-refractivity contribution in [3.05, 3.63) is 44.6 Å². The van der Waals surface area contributed by atoms with Gasteiger partial charge in [0.15, 0.2) is 6.10 Å². The molecule has 4 amide bonds. The van der Waals surface area contributed by atoms with E-state index >= 15 is 0 Å². The van der Waals surface area contributed by atoms with Gasteiger partial charge < -0.3 is 35.4 Å². The number of piperidine rings is 2. The maximum Gasteiger partial charge on any atom is 0.410 e. The Morgan fingerprint density at radius 3 is 2.51 bits per heavy atom. The zero-order valence-electron chi connectivity index (χ0n) is 27.0. The lowest BCUT2D eigenvalue weighted by Gasteiger charge is -2.40. The molecule has 3 saturated heterocycles. The van der Waals surface area contributed by atoms with Crippen LogP contribution in [0.25, 0.3) is 0 Å². The summed E-state index contributed by atoms with van der Waals surface area (Å²) in [5.74, 6) is 2.34. The maximum absolute atomic E-state index is 14.0. The summed E-state index contributed by atoms with van der Waals surface area (Å²) in [7, 11) is 2.17. The van der Waals surface area contributed by atoms with Crippen LogP contribution in [-0.2, 0) is 22.5 Å². The van der Waals surface area contributed by atoms with Crippen LogP contribution in [0.15, 0.2) is 22.9 Å². The monoisotopic (exact) mass is 681 g/mol. The van der Waals surface area contributed by atoms with E-state index in [0.29, 0.717) is 73.4 Å². The molecule has 0 saturated carbocycles. The van der Waals surface area contributed by atoms with Gasteiger partial charge in [-0.15, -0.1) is 17.8 Å². The molecule has 0 spiro atoms. The van der Waals surface area contributed by atoms with Crippen molar-refractivity contribution >= 4 is 52.3 Å². The highest BCUT2D eigenvalue weighted by Gasteiger charge is 2.37. The average Bonchev–Trinajstić information content (AvgIpc) is 3.42. The molecule has 0 radical (unpaired) electrons. The number of halogens is 1. The Labute approximate surface area is 285 Å². The number of thiophene rings is 1. The number of nitrogens with zero attached hydrogens (tertiary/aromatic N) is 5. The van der Waals surface area contributed by atoms with Gasteiger partial charge in [0.05, 0.1) is 22.9 Å². The van der Waals surface area contributed by atoms with E-state index in [2.05, 4.69) is 33.5 Å². The number of hydrogen-bond donors (Lipinski definition) is 2. The van der Waals surface area contributed by atoms with Crippen molar-refractivity contribution in [2.75, 3.05) is 70.5 Å². The van der Waals surface area contributed by atoms with E-state index in [-0.39, 0.29) is 24.4 Å². The number of hydrogen-bond acceptors (Lipinski definition) is 8. The lowest BCUT2D eigenvalue weighted by Crippen LogP contribution is -2.53. The first-order chi connectivity index (χ1) is 22.7. The highest BCUT2D eigenvalue weighted by molar-refractivity contribution is 7.08. The lowest BCUT2D eigenvalue weighted by atomic mass is 10.00. The lowest BCUT2D eigenvalue weighted by molar-refractivity contribution is -0.142. The molecule has 4 aliphatic heterocycles. The number of nitrogens with one attached hydrogen (secondary N) is 1. The number of terminal acetylenes is 1. The Hall–Kier alpha value is -3.50. The quantitative estimate of drug-likeness (QED) is 0.348. The smallest absolute Gasteiger partial charge is 0.410 e. The number of benzene rings is 1. The number of anilines is 2. The number of urea groups is 1.